The van der Waals surface area contributed by atoms with Gasteiger partial charge in [-0.2, -0.15) is 13.2 Å². The topological polar surface area (TPSA) is 85.8 Å². The van der Waals surface area contributed by atoms with E-state index >= 15 is 0 Å². The zero-order valence-corrected chi connectivity index (χ0v) is 17.5. The minimum atomic E-state index is -4.57. The molecule has 0 radical (unpaired) electrons. The molecule has 0 aliphatic carbocycles. The van der Waals surface area contributed by atoms with Crippen molar-refractivity contribution in [1.29, 1.82) is 0 Å². The number of carbonyl (C=O) groups excluding carboxylic acids is 1. The van der Waals surface area contributed by atoms with Crippen molar-refractivity contribution in [3.05, 3.63) is 70.3 Å². The zero-order valence-electron chi connectivity index (χ0n) is 16.0. The Balaban J connectivity index is 1.70. The van der Waals surface area contributed by atoms with E-state index in [0.29, 0.717) is 5.56 Å². The highest BCUT2D eigenvalue weighted by Crippen LogP contribution is 2.34. The highest BCUT2D eigenvalue weighted by atomic mass is 35.5. The Hall–Kier alpha value is -2.79. The van der Waals surface area contributed by atoms with Crippen LogP contribution < -0.4 is 11.2 Å². The van der Waals surface area contributed by atoms with Gasteiger partial charge in [0.1, 0.15) is 5.82 Å². The Kier molecular flexibility index (Phi) is 6.75. The molecule has 0 saturated heterocycles. The van der Waals surface area contributed by atoms with Crippen LogP contribution in [0.25, 0.3) is 0 Å². The number of alkyl halides is 3. The summed E-state index contributed by atoms with van der Waals surface area (Å²) >= 11 is 6.85. The highest BCUT2D eigenvalue weighted by molar-refractivity contribution is 8.00. The lowest BCUT2D eigenvalue weighted by molar-refractivity contribution is -0.137. The lowest BCUT2D eigenvalue weighted by Gasteiger charge is -2.14. The number of carbonyl (C=O) groups is 1. The number of nitrogens with zero attached hydrogens (tertiary/aromatic N) is 3. The van der Waals surface area contributed by atoms with Gasteiger partial charge in [-0.15, -0.1) is 10.2 Å². The molecule has 0 spiro atoms. The predicted molar refractivity (Wildman–Crippen MR) is 110 cm³/mol. The third-order valence-electron chi connectivity index (χ3n) is 4.24. The van der Waals surface area contributed by atoms with E-state index in [4.69, 9.17) is 17.4 Å². The van der Waals surface area contributed by atoms with Crippen LogP contribution in [0, 0.1) is 5.82 Å². The summed E-state index contributed by atoms with van der Waals surface area (Å²) in [6.45, 7) is 1.52. The molecular formula is C19H16ClF4N5OS. The molecule has 0 aliphatic rings. The minimum Gasteiger partial charge on any atom is -0.336 e. The van der Waals surface area contributed by atoms with Gasteiger partial charge in [0.25, 0.3) is 0 Å². The smallest absolute Gasteiger partial charge is 0.336 e. The van der Waals surface area contributed by atoms with Crippen molar-refractivity contribution in [3.8, 4) is 0 Å². The van der Waals surface area contributed by atoms with Crippen LogP contribution in [-0.2, 0) is 17.4 Å². The Morgan fingerprint density at radius 2 is 1.97 bits per heavy atom. The average Bonchev–Trinajstić information content (AvgIpc) is 3.04. The minimum absolute atomic E-state index is 0.0345. The van der Waals surface area contributed by atoms with Crippen LogP contribution >= 0.6 is 23.4 Å². The van der Waals surface area contributed by atoms with Gasteiger partial charge in [-0.25, -0.2) is 9.07 Å². The molecule has 3 N–H and O–H groups in total. The van der Waals surface area contributed by atoms with E-state index in [1.807, 2.05) is 0 Å². The summed E-state index contributed by atoms with van der Waals surface area (Å²) in [6.07, 6.45) is -4.48. The summed E-state index contributed by atoms with van der Waals surface area (Å²) in [5.74, 6) is 5.23. The second kappa shape index (κ2) is 9.15. The van der Waals surface area contributed by atoms with E-state index in [0.717, 1.165) is 34.6 Å². The van der Waals surface area contributed by atoms with Crippen molar-refractivity contribution in [2.45, 2.75) is 29.9 Å². The van der Waals surface area contributed by atoms with Crippen LogP contribution in [-0.4, -0.2) is 26.0 Å². The van der Waals surface area contributed by atoms with E-state index in [2.05, 4.69) is 15.5 Å². The van der Waals surface area contributed by atoms with Gasteiger partial charge < -0.3 is 11.2 Å². The number of nitrogens with one attached hydrogen (secondary N) is 1. The van der Waals surface area contributed by atoms with Crippen molar-refractivity contribution in [1.82, 2.24) is 14.9 Å². The van der Waals surface area contributed by atoms with E-state index in [1.165, 1.54) is 13.0 Å². The fraction of sp³-hybridized carbons (Fsp3) is 0.211. The molecule has 1 amide bonds. The first-order valence-electron chi connectivity index (χ1n) is 8.83. The third-order valence-corrected chi connectivity index (χ3v) is 5.63. The molecule has 0 unspecified atom stereocenters. The van der Waals surface area contributed by atoms with Gasteiger partial charge in [0.05, 0.1) is 21.5 Å². The maximum atomic E-state index is 13.8. The molecule has 3 aromatic rings. The van der Waals surface area contributed by atoms with Crippen molar-refractivity contribution in [3.63, 3.8) is 0 Å². The molecule has 0 aliphatic heterocycles. The van der Waals surface area contributed by atoms with Crippen molar-refractivity contribution in [2.75, 3.05) is 11.2 Å². The molecule has 1 aromatic heterocycles. The van der Waals surface area contributed by atoms with Gasteiger partial charge in [-0.05, 0) is 36.8 Å². The van der Waals surface area contributed by atoms with Crippen molar-refractivity contribution < 1.29 is 22.4 Å². The molecule has 0 fully saturated rings. The molecule has 0 bridgehead atoms. The number of halogens is 5. The van der Waals surface area contributed by atoms with E-state index in [9.17, 15) is 22.4 Å². The number of hydrogen-bond donors (Lipinski definition) is 2. The van der Waals surface area contributed by atoms with Crippen LogP contribution in [0.5, 0.6) is 0 Å². The maximum absolute atomic E-state index is 13.8. The lowest BCUT2D eigenvalue weighted by atomic mass is 10.1. The van der Waals surface area contributed by atoms with Crippen LogP contribution in [0.3, 0.4) is 0 Å². The monoisotopic (exact) mass is 473 g/mol. The second-order valence-electron chi connectivity index (χ2n) is 6.48. The molecule has 1 atom stereocenters. The number of nitrogen functional groups attached to an aromatic ring is 1. The molecule has 0 saturated carbocycles. The number of thioether (sulfide) groups is 1. The van der Waals surface area contributed by atoms with Gasteiger partial charge in [-0.3, -0.25) is 4.79 Å². The largest absolute Gasteiger partial charge is 0.416 e. The Labute approximate surface area is 183 Å². The number of hydrogen-bond acceptors (Lipinski definition) is 5. The number of rotatable bonds is 6. The van der Waals surface area contributed by atoms with Gasteiger partial charge in [-0.1, -0.05) is 41.6 Å². The van der Waals surface area contributed by atoms with Crippen molar-refractivity contribution >= 4 is 35.0 Å². The van der Waals surface area contributed by atoms with Crippen LogP contribution in [0.2, 0.25) is 5.02 Å². The summed E-state index contributed by atoms with van der Waals surface area (Å²) in [6, 6.07) is 8.78. The number of amides is 1. The third kappa shape index (κ3) is 5.47. The van der Waals surface area contributed by atoms with Crippen LogP contribution in [0.4, 0.5) is 23.2 Å². The first-order valence-corrected chi connectivity index (χ1v) is 10.1. The van der Waals surface area contributed by atoms with E-state index in [1.54, 1.807) is 18.2 Å². The quantitative estimate of drug-likeness (QED) is 0.312. The molecule has 6 nitrogen and oxygen atoms in total. The first-order chi connectivity index (χ1) is 14.6. The van der Waals surface area contributed by atoms with Crippen LogP contribution in [0.15, 0.2) is 47.6 Å². The zero-order chi connectivity index (χ0) is 22.8. The highest BCUT2D eigenvalue weighted by Gasteiger charge is 2.31. The van der Waals surface area contributed by atoms with E-state index in [-0.39, 0.29) is 28.1 Å². The summed E-state index contributed by atoms with van der Waals surface area (Å²) in [4.78, 5) is 12.5. The van der Waals surface area contributed by atoms with E-state index < -0.39 is 28.7 Å². The summed E-state index contributed by atoms with van der Waals surface area (Å²) in [5, 5.41) is 9.57. The molecule has 12 heteroatoms. The number of nitrogens with two attached hydrogens (primary N) is 1. The first kappa shape index (κ1) is 22.9. The molecule has 2 aromatic carbocycles. The Bertz CT molecular complexity index is 1110. The predicted octanol–water partition coefficient (Wildman–Crippen LogP) is 4.51. The Morgan fingerprint density at radius 1 is 1.26 bits per heavy atom. The number of benzene rings is 2. The number of aromatic nitrogens is 3. The normalized spacial score (nSPS) is 12.6. The second-order valence-corrected chi connectivity index (χ2v) is 8.19. The lowest BCUT2D eigenvalue weighted by Crippen LogP contribution is -2.24. The number of anilines is 1. The van der Waals surface area contributed by atoms with Crippen LogP contribution in [0.1, 0.15) is 23.9 Å². The molecular weight excluding hydrogens is 458 g/mol. The standard InChI is InChI=1S/C19H16ClF4N5OS/c1-10(17(30)26-15-9-12(19(22,23)24)6-7-13(15)20)31-18-28-27-16(29(18)25)8-11-4-2-3-5-14(11)21/h2-7,9-10H,8,25H2,1H3,(H,26,30)/t10-/m1/s1. The van der Waals surface area contributed by atoms with Gasteiger partial charge in [0.15, 0.2) is 5.82 Å². The van der Waals surface area contributed by atoms with Gasteiger partial charge >= 0.3 is 6.18 Å². The average molecular weight is 474 g/mol. The molecule has 31 heavy (non-hydrogen) atoms. The SMILES string of the molecule is C[C@@H](Sc1nnc(Cc2ccccc2F)n1N)C(=O)Nc1cc(C(F)(F)F)ccc1Cl. The summed E-state index contributed by atoms with van der Waals surface area (Å²) in [5.41, 5.74) is -0.724. The summed E-state index contributed by atoms with van der Waals surface area (Å²) in [7, 11) is 0. The van der Waals surface area contributed by atoms with Crippen molar-refractivity contribution in [2.24, 2.45) is 0 Å². The molecule has 3 rings (SSSR count). The molecule has 164 valence electrons. The van der Waals surface area contributed by atoms with Gasteiger partial charge in [0.2, 0.25) is 11.1 Å². The molecule has 1 heterocycles. The Morgan fingerprint density at radius 3 is 2.65 bits per heavy atom. The maximum Gasteiger partial charge on any atom is 0.416 e. The summed E-state index contributed by atoms with van der Waals surface area (Å²) < 4.78 is 53.7. The van der Waals surface area contributed by atoms with Gasteiger partial charge in [0, 0.05) is 6.42 Å². The fourth-order valence-electron chi connectivity index (χ4n) is 2.56. The fourth-order valence-corrected chi connectivity index (χ4v) is 3.52.